The van der Waals surface area contributed by atoms with E-state index >= 15 is 0 Å². The fourth-order valence-electron chi connectivity index (χ4n) is 2.10. The number of ether oxygens (including phenoxy) is 1. The minimum absolute atomic E-state index is 0.459. The molecule has 2 rings (SSSR count). The highest BCUT2D eigenvalue weighted by molar-refractivity contribution is 6.32. The molecule has 0 aliphatic rings. The van der Waals surface area contributed by atoms with Gasteiger partial charge in [0.25, 0.3) is 0 Å². The summed E-state index contributed by atoms with van der Waals surface area (Å²) in [6, 6.07) is 7.63. The first-order valence-electron chi connectivity index (χ1n) is 6.25. The molecule has 0 fully saturated rings. The van der Waals surface area contributed by atoms with Gasteiger partial charge in [-0.1, -0.05) is 11.6 Å². The smallest absolute Gasteiger partial charge is 0.148 e. The number of nitriles is 1. The Labute approximate surface area is 123 Å². The van der Waals surface area contributed by atoms with Crippen LogP contribution in [0.15, 0.2) is 18.2 Å². The maximum atomic E-state index is 9.23. The van der Waals surface area contributed by atoms with Crippen molar-refractivity contribution in [3.8, 4) is 17.6 Å². The number of halogens is 1. The van der Waals surface area contributed by atoms with E-state index in [9.17, 15) is 5.26 Å². The van der Waals surface area contributed by atoms with Gasteiger partial charge in [-0.15, -0.1) is 0 Å². The molecule has 0 saturated heterocycles. The summed E-state index contributed by atoms with van der Waals surface area (Å²) in [5, 5.41) is 9.97. The number of nitrogens with zero attached hydrogens (tertiary/aromatic N) is 2. The molecule has 2 aromatic rings. The minimum Gasteiger partial charge on any atom is -0.456 e. The third-order valence-corrected chi connectivity index (χ3v) is 3.64. The molecule has 3 nitrogen and oxygen atoms in total. The van der Waals surface area contributed by atoms with Gasteiger partial charge in [-0.05, 0) is 51.0 Å². The van der Waals surface area contributed by atoms with Gasteiger partial charge in [-0.3, -0.25) is 4.98 Å². The van der Waals surface area contributed by atoms with Crippen LogP contribution < -0.4 is 4.74 Å². The molecule has 0 spiro atoms. The molecular weight excluding hydrogens is 272 g/mol. The molecule has 0 aliphatic heterocycles. The van der Waals surface area contributed by atoms with E-state index in [1.54, 1.807) is 13.0 Å². The first-order valence-corrected chi connectivity index (χ1v) is 6.63. The zero-order valence-electron chi connectivity index (χ0n) is 11.9. The van der Waals surface area contributed by atoms with Crippen LogP contribution in [0.1, 0.15) is 28.1 Å². The summed E-state index contributed by atoms with van der Waals surface area (Å²) in [7, 11) is 0. The zero-order valence-corrected chi connectivity index (χ0v) is 12.7. The second-order valence-electron chi connectivity index (χ2n) is 4.81. The Morgan fingerprint density at radius 3 is 2.25 bits per heavy atom. The molecule has 0 atom stereocenters. The molecule has 0 bridgehead atoms. The second kappa shape index (κ2) is 5.52. The highest BCUT2D eigenvalue weighted by atomic mass is 35.5. The first kappa shape index (κ1) is 14.4. The van der Waals surface area contributed by atoms with E-state index in [-0.39, 0.29) is 0 Å². The predicted molar refractivity (Wildman–Crippen MR) is 79.4 cm³/mol. The van der Waals surface area contributed by atoms with E-state index in [0.29, 0.717) is 22.8 Å². The molecule has 1 aromatic heterocycles. The Kier molecular flexibility index (Phi) is 3.96. The van der Waals surface area contributed by atoms with E-state index < -0.39 is 0 Å². The molecule has 1 aromatic carbocycles. The third kappa shape index (κ3) is 2.76. The van der Waals surface area contributed by atoms with Crippen molar-refractivity contribution in [2.75, 3.05) is 0 Å². The Balaban J connectivity index is 2.48. The van der Waals surface area contributed by atoms with Gasteiger partial charge in [0.2, 0.25) is 0 Å². The van der Waals surface area contributed by atoms with E-state index in [2.05, 4.69) is 11.1 Å². The SMILES string of the molecule is Cc1cc(Oc2cc(C)c(Cl)c(C)c2)c(C#N)c(C)n1. The van der Waals surface area contributed by atoms with Crippen molar-refractivity contribution in [3.05, 3.63) is 51.3 Å². The van der Waals surface area contributed by atoms with Crippen LogP contribution in [0.4, 0.5) is 0 Å². The lowest BCUT2D eigenvalue weighted by atomic mass is 10.1. The van der Waals surface area contributed by atoms with Crippen LogP contribution in [0.5, 0.6) is 11.5 Å². The van der Waals surface area contributed by atoms with Crippen molar-refractivity contribution in [2.45, 2.75) is 27.7 Å². The summed E-state index contributed by atoms with van der Waals surface area (Å²) in [5.74, 6) is 1.20. The molecule has 0 N–H and O–H groups in total. The molecule has 0 aliphatic carbocycles. The molecule has 4 heteroatoms. The Bertz CT molecular complexity index is 694. The van der Waals surface area contributed by atoms with E-state index in [4.69, 9.17) is 16.3 Å². The first-order chi connectivity index (χ1) is 9.42. The summed E-state index contributed by atoms with van der Waals surface area (Å²) < 4.78 is 5.86. The average molecular weight is 287 g/mol. The average Bonchev–Trinajstić information content (AvgIpc) is 2.35. The molecule has 0 radical (unpaired) electrons. The summed E-state index contributed by atoms with van der Waals surface area (Å²) in [6.45, 7) is 7.53. The second-order valence-corrected chi connectivity index (χ2v) is 5.19. The molecule has 0 unspecified atom stereocenters. The van der Waals surface area contributed by atoms with Crippen LogP contribution in [-0.4, -0.2) is 4.98 Å². The molecule has 20 heavy (non-hydrogen) atoms. The van der Waals surface area contributed by atoms with Crippen molar-refractivity contribution in [1.29, 1.82) is 5.26 Å². The lowest BCUT2D eigenvalue weighted by molar-refractivity contribution is 0.478. The van der Waals surface area contributed by atoms with E-state index in [1.165, 1.54) is 0 Å². The summed E-state index contributed by atoms with van der Waals surface area (Å²) in [5.41, 5.74) is 3.84. The maximum Gasteiger partial charge on any atom is 0.148 e. The van der Waals surface area contributed by atoms with Crippen LogP contribution >= 0.6 is 11.6 Å². The molecule has 0 amide bonds. The quantitative estimate of drug-likeness (QED) is 0.808. The van der Waals surface area contributed by atoms with Crippen LogP contribution in [0.25, 0.3) is 0 Å². The highest BCUT2D eigenvalue weighted by Crippen LogP contribution is 2.31. The van der Waals surface area contributed by atoms with Crippen molar-refractivity contribution in [3.63, 3.8) is 0 Å². The van der Waals surface area contributed by atoms with Crippen molar-refractivity contribution in [2.24, 2.45) is 0 Å². The lowest BCUT2D eigenvalue weighted by Crippen LogP contribution is -1.97. The normalized spacial score (nSPS) is 10.2. The van der Waals surface area contributed by atoms with Gasteiger partial charge in [-0.25, -0.2) is 0 Å². The largest absolute Gasteiger partial charge is 0.456 e. The van der Waals surface area contributed by atoms with Gasteiger partial charge in [0, 0.05) is 16.8 Å². The van der Waals surface area contributed by atoms with Gasteiger partial charge < -0.3 is 4.74 Å². The topological polar surface area (TPSA) is 45.9 Å². The van der Waals surface area contributed by atoms with E-state index in [0.717, 1.165) is 21.8 Å². The van der Waals surface area contributed by atoms with Gasteiger partial charge in [0.05, 0.1) is 5.69 Å². The predicted octanol–water partition coefficient (Wildman–Crippen LogP) is 4.63. The van der Waals surface area contributed by atoms with Gasteiger partial charge in [0.15, 0.2) is 0 Å². The Morgan fingerprint density at radius 1 is 1.10 bits per heavy atom. The van der Waals surface area contributed by atoms with Crippen molar-refractivity contribution >= 4 is 11.6 Å². The van der Waals surface area contributed by atoms with Crippen molar-refractivity contribution < 1.29 is 4.74 Å². The summed E-state index contributed by atoms with van der Waals surface area (Å²) in [4.78, 5) is 4.27. The number of benzene rings is 1. The number of hydrogen-bond donors (Lipinski definition) is 0. The van der Waals surface area contributed by atoms with Crippen LogP contribution in [0.3, 0.4) is 0 Å². The monoisotopic (exact) mass is 286 g/mol. The highest BCUT2D eigenvalue weighted by Gasteiger charge is 2.11. The maximum absolute atomic E-state index is 9.23. The lowest BCUT2D eigenvalue weighted by Gasteiger charge is -2.12. The van der Waals surface area contributed by atoms with Crippen LogP contribution in [-0.2, 0) is 0 Å². The van der Waals surface area contributed by atoms with E-state index in [1.807, 2.05) is 32.9 Å². The minimum atomic E-state index is 0.459. The number of hydrogen-bond acceptors (Lipinski definition) is 3. The number of aromatic nitrogens is 1. The summed E-state index contributed by atoms with van der Waals surface area (Å²) in [6.07, 6.45) is 0. The molecule has 0 saturated carbocycles. The molecular formula is C16H15ClN2O. The molecule has 1 heterocycles. The molecule has 102 valence electrons. The van der Waals surface area contributed by atoms with Crippen molar-refractivity contribution in [1.82, 2.24) is 4.98 Å². The Hall–Kier alpha value is -2.05. The number of aryl methyl sites for hydroxylation is 4. The summed E-state index contributed by atoms with van der Waals surface area (Å²) >= 11 is 6.14. The van der Waals surface area contributed by atoms with Crippen LogP contribution in [0, 0.1) is 39.0 Å². The standard InChI is InChI=1S/C16H15ClN2O/c1-9-5-13(6-10(2)16(9)17)20-15-7-11(3)19-12(4)14(15)8-18/h5-7H,1-4H3. The van der Waals surface area contributed by atoms with Gasteiger partial charge >= 0.3 is 0 Å². The number of rotatable bonds is 2. The fraction of sp³-hybridized carbons (Fsp3) is 0.250. The van der Waals surface area contributed by atoms with Gasteiger partial charge in [-0.2, -0.15) is 5.26 Å². The third-order valence-electron chi connectivity index (χ3n) is 3.04. The zero-order chi connectivity index (χ0) is 14.9. The van der Waals surface area contributed by atoms with Gasteiger partial charge in [0.1, 0.15) is 23.1 Å². The fourth-order valence-corrected chi connectivity index (χ4v) is 2.21. The van der Waals surface area contributed by atoms with Crippen LogP contribution in [0.2, 0.25) is 5.02 Å². The number of pyridine rings is 1. The Morgan fingerprint density at radius 2 is 1.70 bits per heavy atom.